The standard InChI is InChI=1S/C48H86NO12P/c1-6-8-10-11-12-13-14-15-16-17-18-19-20-21-22-23-25-31-48(55)61-42(39-60-62(56,57)59-35-34-49(3,4)5)38-58-47(54)30-27-26-29-41(51)36-44-43(45(52)37-46(44)53)33-32-40(50)28-24-9-7-2/h12-13,15-16,32-33,40,42-46,50,52-53H,6-11,14,17-31,34-39H2,1-5H3/p+1/b13-12-,16-15-,33-32+/t40-,42+,43+,44+,45+,46-/m0/s1. The summed E-state index contributed by atoms with van der Waals surface area (Å²) in [6, 6.07) is 0. The first-order valence-electron chi connectivity index (χ1n) is 23.9. The Labute approximate surface area is 374 Å². The lowest BCUT2D eigenvalue weighted by Crippen LogP contribution is -2.37. The third-order valence-electron chi connectivity index (χ3n) is 11.1. The van der Waals surface area contributed by atoms with Crippen molar-refractivity contribution >= 4 is 25.5 Å². The second-order valence-electron chi connectivity index (χ2n) is 18.1. The summed E-state index contributed by atoms with van der Waals surface area (Å²) in [5.41, 5.74) is 0. The lowest BCUT2D eigenvalue weighted by molar-refractivity contribution is -0.870. The first-order chi connectivity index (χ1) is 29.6. The van der Waals surface area contributed by atoms with Crippen LogP contribution in [0.2, 0.25) is 0 Å². The molecule has 0 aliphatic heterocycles. The highest BCUT2D eigenvalue weighted by Crippen LogP contribution is 2.43. The van der Waals surface area contributed by atoms with Crippen LogP contribution in [-0.4, -0.2) is 114 Å². The van der Waals surface area contributed by atoms with E-state index in [0.29, 0.717) is 36.7 Å². The highest BCUT2D eigenvalue weighted by molar-refractivity contribution is 7.47. The van der Waals surface area contributed by atoms with Crippen molar-refractivity contribution in [3.05, 3.63) is 36.5 Å². The lowest BCUT2D eigenvalue weighted by Gasteiger charge is -2.24. The average Bonchev–Trinajstić information content (AvgIpc) is 3.47. The van der Waals surface area contributed by atoms with E-state index in [4.69, 9.17) is 18.5 Å². The van der Waals surface area contributed by atoms with E-state index in [1.165, 1.54) is 38.5 Å². The van der Waals surface area contributed by atoms with Crippen LogP contribution in [0.1, 0.15) is 168 Å². The fraction of sp³-hybridized carbons (Fsp3) is 0.812. The fourth-order valence-corrected chi connectivity index (χ4v) is 8.02. The number of aliphatic hydroxyl groups is 3. The number of aliphatic hydroxyl groups excluding tert-OH is 3. The van der Waals surface area contributed by atoms with Gasteiger partial charge in [-0.1, -0.05) is 115 Å². The Morgan fingerprint density at radius 2 is 1.31 bits per heavy atom. The number of carbonyl (C=O) groups is 3. The van der Waals surface area contributed by atoms with E-state index >= 15 is 0 Å². The Kier molecular flexibility index (Phi) is 32.7. The van der Waals surface area contributed by atoms with Crippen molar-refractivity contribution in [2.24, 2.45) is 11.8 Å². The van der Waals surface area contributed by atoms with Gasteiger partial charge in [-0.3, -0.25) is 23.4 Å². The lowest BCUT2D eigenvalue weighted by atomic mass is 9.87. The number of nitrogens with zero attached hydrogens (tertiary/aromatic N) is 1. The van der Waals surface area contributed by atoms with Crippen molar-refractivity contribution in [2.45, 2.75) is 192 Å². The normalized spacial score (nSPS) is 20.3. The third kappa shape index (κ3) is 31.6. The van der Waals surface area contributed by atoms with Crippen LogP contribution in [0.5, 0.6) is 0 Å². The number of ether oxygens (including phenoxy) is 2. The van der Waals surface area contributed by atoms with Gasteiger partial charge < -0.3 is 34.2 Å². The molecule has 1 rings (SSSR count). The topological polar surface area (TPSA) is 186 Å². The number of rotatable bonds is 39. The molecule has 1 unspecified atom stereocenters. The first kappa shape index (κ1) is 57.8. The minimum absolute atomic E-state index is 0.00105. The molecule has 0 bridgehead atoms. The van der Waals surface area contributed by atoms with E-state index in [-0.39, 0.29) is 51.1 Å². The molecule has 0 heterocycles. The molecule has 0 aromatic heterocycles. The summed E-state index contributed by atoms with van der Waals surface area (Å²) in [5, 5.41) is 31.4. The van der Waals surface area contributed by atoms with E-state index in [9.17, 15) is 39.2 Å². The van der Waals surface area contributed by atoms with Gasteiger partial charge in [-0.2, -0.15) is 0 Å². The zero-order chi connectivity index (χ0) is 46.1. The van der Waals surface area contributed by atoms with Crippen LogP contribution in [-0.2, 0) is 37.5 Å². The predicted octanol–water partition coefficient (Wildman–Crippen LogP) is 9.25. The Morgan fingerprint density at radius 1 is 0.726 bits per heavy atom. The molecule has 0 amide bonds. The Balaban J connectivity index is 2.49. The van der Waals surface area contributed by atoms with Crippen molar-refractivity contribution in [2.75, 3.05) is 47.5 Å². The molecule has 0 aromatic carbocycles. The smallest absolute Gasteiger partial charge is 0.462 e. The maximum atomic E-state index is 12.9. The van der Waals surface area contributed by atoms with Crippen LogP contribution >= 0.6 is 7.82 Å². The molecule has 14 heteroatoms. The van der Waals surface area contributed by atoms with Crippen LogP contribution in [0.25, 0.3) is 0 Å². The molecule has 0 aromatic rings. The number of phosphoric acid groups is 1. The van der Waals surface area contributed by atoms with Gasteiger partial charge in [0.1, 0.15) is 25.5 Å². The molecule has 62 heavy (non-hydrogen) atoms. The maximum absolute atomic E-state index is 12.9. The van der Waals surface area contributed by atoms with Crippen molar-refractivity contribution in [1.82, 2.24) is 0 Å². The van der Waals surface area contributed by atoms with Gasteiger partial charge in [0, 0.05) is 43.9 Å². The van der Waals surface area contributed by atoms with Crippen molar-refractivity contribution in [1.29, 1.82) is 0 Å². The number of hydrogen-bond donors (Lipinski definition) is 4. The summed E-state index contributed by atoms with van der Waals surface area (Å²) in [6.07, 6.45) is 28.2. The molecule has 13 nitrogen and oxygen atoms in total. The molecule has 0 spiro atoms. The number of likely N-dealkylation sites (N-methyl/N-ethyl adjacent to an activating group) is 1. The van der Waals surface area contributed by atoms with E-state index < -0.39 is 62.6 Å². The number of esters is 2. The molecule has 7 atom stereocenters. The largest absolute Gasteiger partial charge is 0.472 e. The Bertz CT molecular complexity index is 1330. The molecule has 4 N–H and O–H groups in total. The number of unbranched alkanes of at least 4 members (excludes halogenated alkanes) is 13. The summed E-state index contributed by atoms with van der Waals surface area (Å²) in [6.45, 7) is 3.85. The monoisotopic (exact) mass is 901 g/mol. The molecular formula is C48H87NO12P+. The van der Waals surface area contributed by atoms with Gasteiger partial charge in [-0.25, -0.2) is 4.57 Å². The molecule has 1 fully saturated rings. The van der Waals surface area contributed by atoms with E-state index in [2.05, 4.69) is 38.2 Å². The molecular weight excluding hydrogens is 813 g/mol. The SMILES string of the molecule is CCCCC/C=C\C/C=C\CCCCCCCCCC(=O)O[C@H](COC(=O)CCCCC(=O)C[C@@H]1[C@@H](/C=C/[C@@H](O)CCCCC)[C@H](O)C[C@@H]1O)COP(=O)(O)OCC[N+](C)(C)C. The van der Waals surface area contributed by atoms with Crippen LogP contribution in [0.15, 0.2) is 36.5 Å². The third-order valence-corrected chi connectivity index (χ3v) is 12.1. The second-order valence-corrected chi connectivity index (χ2v) is 19.6. The molecule has 1 aliphatic carbocycles. The van der Waals surface area contributed by atoms with E-state index in [1.807, 2.05) is 21.1 Å². The van der Waals surface area contributed by atoms with Crippen molar-refractivity contribution in [3.63, 3.8) is 0 Å². The predicted molar refractivity (Wildman–Crippen MR) is 245 cm³/mol. The zero-order valence-corrected chi connectivity index (χ0v) is 40.1. The highest BCUT2D eigenvalue weighted by atomic mass is 31.2. The number of carbonyl (C=O) groups excluding carboxylic acids is 3. The van der Waals surface area contributed by atoms with Crippen LogP contribution in [0.3, 0.4) is 0 Å². The van der Waals surface area contributed by atoms with Crippen LogP contribution in [0.4, 0.5) is 0 Å². The number of hydrogen-bond acceptors (Lipinski definition) is 11. The summed E-state index contributed by atoms with van der Waals surface area (Å²) >= 11 is 0. The van der Waals surface area contributed by atoms with E-state index in [0.717, 1.165) is 57.8 Å². The molecule has 0 saturated heterocycles. The van der Waals surface area contributed by atoms with Gasteiger partial charge in [0.05, 0.1) is 46.1 Å². The summed E-state index contributed by atoms with van der Waals surface area (Å²) in [4.78, 5) is 48.5. The summed E-state index contributed by atoms with van der Waals surface area (Å²) < 4.78 is 34.2. The molecule has 360 valence electrons. The maximum Gasteiger partial charge on any atom is 0.472 e. The van der Waals surface area contributed by atoms with Gasteiger partial charge in [-0.05, 0) is 57.8 Å². The molecule has 1 aliphatic rings. The molecule has 1 saturated carbocycles. The zero-order valence-electron chi connectivity index (χ0n) is 39.2. The first-order valence-corrected chi connectivity index (χ1v) is 25.4. The average molecular weight is 901 g/mol. The number of phosphoric ester groups is 1. The minimum atomic E-state index is -4.47. The number of quaternary nitrogens is 1. The highest BCUT2D eigenvalue weighted by Gasteiger charge is 2.41. The van der Waals surface area contributed by atoms with Crippen LogP contribution in [0, 0.1) is 11.8 Å². The van der Waals surface area contributed by atoms with Gasteiger partial charge in [-0.15, -0.1) is 0 Å². The molecule has 0 radical (unpaired) electrons. The van der Waals surface area contributed by atoms with Gasteiger partial charge in [0.2, 0.25) is 0 Å². The quantitative estimate of drug-likeness (QED) is 0.0151. The number of ketones is 1. The number of Topliss-reactive ketones (excluding diaryl/α,β-unsaturated/α-hetero) is 1. The van der Waals surface area contributed by atoms with Crippen LogP contribution < -0.4 is 0 Å². The Morgan fingerprint density at radius 3 is 1.97 bits per heavy atom. The van der Waals surface area contributed by atoms with E-state index in [1.54, 1.807) is 12.2 Å². The van der Waals surface area contributed by atoms with Crippen molar-refractivity contribution in [3.8, 4) is 0 Å². The minimum Gasteiger partial charge on any atom is -0.462 e. The summed E-state index contributed by atoms with van der Waals surface area (Å²) in [5.74, 6) is -2.07. The van der Waals surface area contributed by atoms with Crippen molar-refractivity contribution < 1.29 is 62.2 Å². The van der Waals surface area contributed by atoms with Gasteiger partial charge in [0.15, 0.2) is 6.10 Å². The number of allylic oxidation sites excluding steroid dienone is 4. The summed E-state index contributed by atoms with van der Waals surface area (Å²) in [7, 11) is 1.27. The second kappa shape index (κ2) is 35.1. The van der Waals surface area contributed by atoms with Gasteiger partial charge >= 0.3 is 19.8 Å². The van der Waals surface area contributed by atoms with Gasteiger partial charge in [0.25, 0.3) is 0 Å². The Hall–Kier alpha value is -2.22. The fourth-order valence-electron chi connectivity index (χ4n) is 7.28.